The summed E-state index contributed by atoms with van der Waals surface area (Å²) in [6, 6.07) is 8.04. The van der Waals surface area contributed by atoms with Crippen LogP contribution in [0.3, 0.4) is 0 Å². The van der Waals surface area contributed by atoms with Gasteiger partial charge in [0.05, 0.1) is 16.8 Å². The molecule has 0 unspecified atom stereocenters. The maximum Gasteiger partial charge on any atom is 0.262 e. The number of nitrogens with two attached hydrogens (primary N) is 1. The molecule has 1 aromatic carbocycles. The van der Waals surface area contributed by atoms with E-state index in [1.54, 1.807) is 29.6 Å². The van der Waals surface area contributed by atoms with E-state index >= 15 is 0 Å². The summed E-state index contributed by atoms with van der Waals surface area (Å²) in [6.07, 6.45) is 0. The lowest BCUT2D eigenvalue weighted by molar-refractivity contribution is 0.0880. The first-order valence-corrected chi connectivity index (χ1v) is 7.69. The number of benzene rings is 1. The molecule has 0 bridgehead atoms. The van der Waals surface area contributed by atoms with E-state index in [-0.39, 0.29) is 16.9 Å². The maximum atomic E-state index is 12.3. The maximum absolute atomic E-state index is 12.3. The number of fused-ring (bicyclic) bond motifs is 1. The van der Waals surface area contributed by atoms with E-state index in [1.165, 1.54) is 16.1 Å². The molecule has 0 spiro atoms. The minimum atomic E-state index is -0.614. The highest BCUT2D eigenvalue weighted by molar-refractivity contribution is 7.03. The highest BCUT2D eigenvalue weighted by Gasteiger charge is 2.31. The fourth-order valence-electron chi connectivity index (χ4n) is 2.62. The average molecular weight is 339 g/mol. The van der Waals surface area contributed by atoms with Gasteiger partial charge in [-0.3, -0.25) is 24.3 Å². The molecular formula is C15H9N5O3S. The number of nitrogens with one attached hydrogen (secondary N) is 1. The van der Waals surface area contributed by atoms with Crippen molar-refractivity contribution in [3.63, 3.8) is 0 Å². The van der Waals surface area contributed by atoms with Crippen LogP contribution in [0.25, 0.3) is 16.9 Å². The SMILES string of the molecule is Nc1c2c(cc(=O)n1-c1ccc(-c3csnn3)cc1)C(=O)NC2=O. The Kier molecular flexibility index (Phi) is 3.03. The van der Waals surface area contributed by atoms with Gasteiger partial charge >= 0.3 is 0 Å². The Hall–Kier alpha value is -3.33. The van der Waals surface area contributed by atoms with Gasteiger partial charge in [0.2, 0.25) is 0 Å². The largest absolute Gasteiger partial charge is 0.384 e. The molecule has 1 aliphatic rings. The van der Waals surface area contributed by atoms with Crippen LogP contribution in [0.5, 0.6) is 0 Å². The molecule has 118 valence electrons. The van der Waals surface area contributed by atoms with Crippen molar-refractivity contribution in [3.8, 4) is 16.9 Å². The molecule has 3 N–H and O–H groups in total. The molecule has 0 fully saturated rings. The highest BCUT2D eigenvalue weighted by atomic mass is 32.1. The molecule has 0 saturated heterocycles. The number of pyridine rings is 1. The summed E-state index contributed by atoms with van der Waals surface area (Å²) in [6.45, 7) is 0. The number of aromatic nitrogens is 3. The van der Waals surface area contributed by atoms with E-state index in [1.807, 2.05) is 0 Å². The predicted octanol–water partition coefficient (Wildman–Crippen LogP) is 0.822. The molecule has 3 aromatic rings. The first-order chi connectivity index (χ1) is 11.6. The Morgan fingerprint density at radius 3 is 2.50 bits per heavy atom. The van der Waals surface area contributed by atoms with Crippen LogP contribution in [0, 0.1) is 0 Å². The van der Waals surface area contributed by atoms with Gasteiger partial charge in [-0.15, -0.1) is 5.10 Å². The van der Waals surface area contributed by atoms with Crippen molar-refractivity contribution in [1.82, 2.24) is 19.5 Å². The van der Waals surface area contributed by atoms with Crippen LogP contribution in [-0.4, -0.2) is 26.0 Å². The van der Waals surface area contributed by atoms with Gasteiger partial charge in [0.25, 0.3) is 17.4 Å². The van der Waals surface area contributed by atoms with Gasteiger partial charge < -0.3 is 5.73 Å². The number of imide groups is 1. The Balaban J connectivity index is 1.86. The lowest BCUT2D eigenvalue weighted by atomic mass is 10.1. The molecule has 0 atom stereocenters. The molecule has 2 amide bonds. The standard InChI is InChI=1S/C15H9N5O3S/c16-13-12-9(14(22)17-15(12)23)5-11(21)20(13)8-3-1-7(2-4-8)10-6-24-19-18-10/h1-6H,16H2,(H,17,22,23). The van der Waals surface area contributed by atoms with Gasteiger partial charge in [-0.25, -0.2) is 0 Å². The Labute approximate surface area is 138 Å². The quantitative estimate of drug-likeness (QED) is 0.667. The summed E-state index contributed by atoms with van der Waals surface area (Å²) >= 11 is 1.24. The van der Waals surface area contributed by atoms with E-state index in [9.17, 15) is 14.4 Å². The van der Waals surface area contributed by atoms with Crippen LogP contribution in [0.1, 0.15) is 20.7 Å². The topological polar surface area (TPSA) is 120 Å². The van der Waals surface area contributed by atoms with E-state index in [4.69, 9.17) is 5.73 Å². The van der Waals surface area contributed by atoms with Gasteiger partial charge in [-0.05, 0) is 23.7 Å². The Bertz CT molecular complexity index is 1040. The minimum absolute atomic E-state index is 0.00363. The number of hydrogen-bond donors (Lipinski definition) is 2. The number of anilines is 1. The second-order valence-electron chi connectivity index (χ2n) is 5.11. The van der Waals surface area contributed by atoms with E-state index in [0.29, 0.717) is 5.69 Å². The summed E-state index contributed by atoms with van der Waals surface area (Å²) in [4.78, 5) is 35.9. The monoisotopic (exact) mass is 339 g/mol. The number of nitrogen functional groups attached to an aromatic ring is 1. The molecule has 1 aliphatic heterocycles. The zero-order valence-corrected chi connectivity index (χ0v) is 12.8. The third-order valence-electron chi connectivity index (χ3n) is 3.73. The summed E-state index contributed by atoms with van der Waals surface area (Å²) < 4.78 is 5.00. The molecule has 2 aromatic heterocycles. The smallest absolute Gasteiger partial charge is 0.262 e. The molecule has 24 heavy (non-hydrogen) atoms. The lowest BCUT2D eigenvalue weighted by Crippen LogP contribution is -2.24. The molecule has 0 radical (unpaired) electrons. The molecule has 9 heteroatoms. The van der Waals surface area contributed by atoms with Gasteiger partial charge in [0, 0.05) is 17.0 Å². The molecule has 4 rings (SSSR count). The van der Waals surface area contributed by atoms with Crippen LogP contribution in [-0.2, 0) is 0 Å². The van der Waals surface area contributed by atoms with Gasteiger partial charge in [-0.2, -0.15) is 0 Å². The number of hydrogen-bond acceptors (Lipinski definition) is 7. The first kappa shape index (κ1) is 14.3. The van der Waals surface area contributed by atoms with Crippen LogP contribution >= 0.6 is 11.5 Å². The van der Waals surface area contributed by atoms with Crippen molar-refractivity contribution in [2.24, 2.45) is 0 Å². The Morgan fingerprint density at radius 1 is 1.08 bits per heavy atom. The third-order valence-corrected chi connectivity index (χ3v) is 4.24. The Morgan fingerprint density at radius 2 is 1.83 bits per heavy atom. The molecule has 3 heterocycles. The number of carbonyl (C=O) groups is 2. The van der Waals surface area contributed by atoms with Crippen molar-refractivity contribution < 1.29 is 9.59 Å². The zero-order valence-electron chi connectivity index (χ0n) is 12.0. The van der Waals surface area contributed by atoms with Gasteiger partial charge in [0.15, 0.2) is 0 Å². The van der Waals surface area contributed by atoms with Crippen molar-refractivity contribution in [1.29, 1.82) is 0 Å². The van der Waals surface area contributed by atoms with Crippen molar-refractivity contribution in [2.75, 3.05) is 5.73 Å². The molecule has 0 saturated carbocycles. The second kappa shape index (κ2) is 5.10. The van der Waals surface area contributed by atoms with Crippen molar-refractivity contribution >= 4 is 29.2 Å². The number of amides is 2. The van der Waals surface area contributed by atoms with Crippen LogP contribution in [0.2, 0.25) is 0 Å². The lowest BCUT2D eigenvalue weighted by Gasteiger charge is -2.12. The average Bonchev–Trinajstić information content (AvgIpc) is 3.17. The van der Waals surface area contributed by atoms with E-state index < -0.39 is 17.4 Å². The van der Waals surface area contributed by atoms with Gasteiger partial charge in [-0.1, -0.05) is 16.6 Å². The number of rotatable bonds is 2. The second-order valence-corrected chi connectivity index (χ2v) is 5.72. The summed E-state index contributed by atoms with van der Waals surface area (Å²) in [5.74, 6) is -1.28. The van der Waals surface area contributed by atoms with Crippen LogP contribution in [0.15, 0.2) is 40.5 Å². The van der Waals surface area contributed by atoms with Crippen molar-refractivity contribution in [2.45, 2.75) is 0 Å². The minimum Gasteiger partial charge on any atom is -0.384 e. The van der Waals surface area contributed by atoms with Crippen LogP contribution in [0.4, 0.5) is 5.82 Å². The van der Waals surface area contributed by atoms with Gasteiger partial charge in [0.1, 0.15) is 11.5 Å². The summed E-state index contributed by atoms with van der Waals surface area (Å²) in [7, 11) is 0. The molecular weight excluding hydrogens is 330 g/mol. The number of nitrogens with zero attached hydrogens (tertiary/aromatic N) is 3. The highest BCUT2D eigenvalue weighted by Crippen LogP contribution is 2.24. The van der Waals surface area contributed by atoms with Crippen LogP contribution < -0.4 is 16.6 Å². The normalized spacial score (nSPS) is 13.0. The van der Waals surface area contributed by atoms with E-state index in [2.05, 4.69) is 14.9 Å². The third kappa shape index (κ3) is 2.02. The molecule has 8 nitrogen and oxygen atoms in total. The zero-order chi connectivity index (χ0) is 16.8. The summed E-state index contributed by atoms with van der Waals surface area (Å²) in [5.41, 5.74) is 7.57. The van der Waals surface area contributed by atoms with Crippen molar-refractivity contribution in [3.05, 3.63) is 57.2 Å². The fourth-order valence-corrected chi connectivity index (χ4v) is 3.08. The predicted molar refractivity (Wildman–Crippen MR) is 87.2 cm³/mol. The first-order valence-electron chi connectivity index (χ1n) is 6.85. The fraction of sp³-hybridized carbons (Fsp3) is 0. The number of carbonyl (C=O) groups excluding carboxylic acids is 2. The van der Waals surface area contributed by atoms with E-state index in [0.717, 1.165) is 17.3 Å². The molecule has 0 aliphatic carbocycles. The summed E-state index contributed by atoms with van der Waals surface area (Å²) in [5, 5.41) is 7.91.